The van der Waals surface area contributed by atoms with Gasteiger partial charge in [0.25, 0.3) is 0 Å². The zero-order chi connectivity index (χ0) is 39.2. The second kappa shape index (κ2) is 14.9. The molecule has 0 saturated carbocycles. The molecule has 3 aromatic carbocycles. The third kappa shape index (κ3) is 7.16. The number of nitrogens with one attached hydrogen (secondary N) is 1. The third-order valence-electron chi connectivity index (χ3n) is 10.5. The molecule has 6 atom stereocenters. The number of rotatable bonds is 14. The van der Waals surface area contributed by atoms with Crippen LogP contribution in [-0.4, -0.2) is 106 Å². The highest BCUT2D eigenvalue weighted by Gasteiger charge is 2.47. The number of aliphatic hydroxyl groups excluding tert-OH is 5. The summed E-state index contributed by atoms with van der Waals surface area (Å²) in [6.45, 7) is 1.60. The Morgan fingerprint density at radius 1 is 1.04 bits per heavy atom. The number of hydrogen-bond acceptors (Lipinski definition) is 13. The van der Waals surface area contributed by atoms with Crippen LogP contribution in [0.3, 0.4) is 0 Å². The average Bonchev–Trinajstić information content (AvgIpc) is 3.77. The van der Waals surface area contributed by atoms with Crippen molar-refractivity contribution in [2.75, 3.05) is 19.8 Å². The molecular formula is C40H44N2O13. The van der Waals surface area contributed by atoms with Gasteiger partial charge in [-0.05, 0) is 74.0 Å². The Morgan fingerprint density at radius 2 is 1.84 bits per heavy atom. The Kier molecular flexibility index (Phi) is 10.4. The van der Waals surface area contributed by atoms with Crippen molar-refractivity contribution < 1.29 is 59.8 Å². The highest BCUT2D eigenvalue weighted by Crippen LogP contribution is 2.45. The molecule has 15 heteroatoms. The minimum Gasteiger partial charge on any atom is -0.508 e. The molecule has 6 aromatic rings. The lowest BCUT2D eigenvalue weighted by molar-refractivity contribution is -0.371. The maximum atomic E-state index is 13.3. The van der Waals surface area contributed by atoms with Gasteiger partial charge in [0.15, 0.2) is 16.8 Å². The van der Waals surface area contributed by atoms with Crippen LogP contribution in [0, 0.1) is 6.92 Å². The summed E-state index contributed by atoms with van der Waals surface area (Å²) in [6.07, 6.45) is -1.05. The van der Waals surface area contributed by atoms with Gasteiger partial charge in [-0.3, -0.25) is 4.79 Å². The molecule has 292 valence electrons. The van der Waals surface area contributed by atoms with E-state index < -0.39 is 55.3 Å². The normalized spacial score (nSPS) is 20.0. The van der Waals surface area contributed by atoms with E-state index in [1.807, 2.05) is 29.2 Å². The zero-order valence-corrected chi connectivity index (χ0v) is 30.2. The topological polar surface area (TPSA) is 240 Å². The van der Waals surface area contributed by atoms with Gasteiger partial charge in [-0.1, -0.05) is 6.07 Å². The summed E-state index contributed by atoms with van der Waals surface area (Å²) in [5.41, 5.74) is -1.26. The second-order valence-corrected chi connectivity index (χ2v) is 14.6. The SMILES string of the molecule is Cc1cc(=O)c2cc3c(c(-n4cc5cc[nH]c5c4)c2o1)OC(C)(CCCO)C(OOCC(O)(Cc1ccc(O)c2ccc(O)cc12)C(O)C(O)C(O)CO)C3. The van der Waals surface area contributed by atoms with Crippen LogP contribution in [0.25, 0.3) is 38.3 Å². The molecule has 0 fully saturated rings. The van der Waals surface area contributed by atoms with Crippen molar-refractivity contribution in [3.05, 3.63) is 94.2 Å². The lowest BCUT2D eigenvalue weighted by Crippen LogP contribution is -2.58. The van der Waals surface area contributed by atoms with E-state index in [4.69, 9.17) is 18.9 Å². The number of benzene rings is 3. The monoisotopic (exact) mass is 760 g/mol. The first kappa shape index (κ1) is 38.3. The van der Waals surface area contributed by atoms with E-state index in [0.717, 1.165) is 10.9 Å². The smallest absolute Gasteiger partial charge is 0.193 e. The van der Waals surface area contributed by atoms with E-state index in [1.54, 1.807) is 19.9 Å². The molecule has 3 aromatic heterocycles. The summed E-state index contributed by atoms with van der Waals surface area (Å²) in [5.74, 6) is 0.607. The number of hydrogen-bond donors (Lipinski definition) is 9. The van der Waals surface area contributed by atoms with Crippen molar-refractivity contribution in [3.63, 3.8) is 0 Å². The standard InChI is InChI=1S/C40H44N2O13/c1-21-12-31(47)28-13-24-14-33(39(2,9-3-11-43)54-36(24)34(37(28)53-21)42-17-23-8-10-41-29(23)18-42)55-52-20-40(51,38(50)35(49)32(48)19-44)16-22-4-7-30(46)26-6-5-25(45)15-27(22)26/h4-8,10,12-13,15,17-18,32-33,35,38,41,43-46,48-51H,3,9,11,14,16,19-20H2,1-2H3. The van der Waals surface area contributed by atoms with E-state index in [2.05, 4.69) is 4.98 Å². The predicted octanol–water partition coefficient (Wildman–Crippen LogP) is 2.77. The number of nitrogens with zero attached hydrogens (tertiary/aromatic N) is 1. The van der Waals surface area contributed by atoms with Crippen LogP contribution in [0.5, 0.6) is 17.2 Å². The first-order valence-corrected chi connectivity index (χ1v) is 17.9. The molecule has 0 bridgehead atoms. The number of aromatic amines is 1. The lowest BCUT2D eigenvalue weighted by atomic mass is 9.84. The fraction of sp³-hybridized carbons (Fsp3) is 0.375. The van der Waals surface area contributed by atoms with Crippen molar-refractivity contribution in [2.45, 2.75) is 75.1 Å². The largest absolute Gasteiger partial charge is 0.508 e. The molecule has 1 aliphatic rings. The van der Waals surface area contributed by atoms with Gasteiger partial charge in [0.1, 0.15) is 65.2 Å². The van der Waals surface area contributed by atoms with Gasteiger partial charge in [0.05, 0.1) is 17.5 Å². The first-order chi connectivity index (χ1) is 26.2. The zero-order valence-electron chi connectivity index (χ0n) is 30.2. The van der Waals surface area contributed by atoms with Crippen molar-refractivity contribution >= 4 is 32.6 Å². The second-order valence-electron chi connectivity index (χ2n) is 14.6. The molecule has 1 aliphatic heterocycles. The van der Waals surface area contributed by atoms with E-state index in [-0.39, 0.29) is 36.4 Å². The number of aromatic nitrogens is 2. The molecule has 9 N–H and O–H groups in total. The van der Waals surface area contributed by atoms with Crippen molar-refractivity contribution in [1.82, 2.24) is 9.55 Å². The van der Waals surface area contributed by atoms with Gasteiger partial charge >= 0.3 is 0 Å². The molecule has 7 rings (SSSR count). The summed E-state index contributed by atoms with van der Waals surface area (Å²) in [6, 6.07) is 12.0. The van der Waals surface area contributed by atoms with Crippen molar-refractivity contribution in [1.29, 1.82) is 0 Å². The summed E-state index contributed by atoms with van der Waals surface area (Å²) >= 11 is 0. The number of aromatic hydroxyl groups is 2. The molecular weight excluding hydrogens is 716 g/mol. The van der Waals surface area contributed by atoms with E-state index in [0.29, 0.717) is 56.5 Å². The first-order valence-electron chi connectivity index (χ1n) is 17.9. The van der Waals surface area contributed by atoms with Crippen LogP contribution in [-0.2, 0) is 22.6 Å². The van der Waals surface area contributed by atoms with Crippen LogP contribution < -0.4 is 10.2 Å². The third-order valence-corrected chi connectivity index (χ3v) is 10.5. The fourth-order valence-corrected chi connectivity index (χ4v) is 7.45. The number of aryl methyl sites for hydroxylation is 1. The number of fused-ring (bicyclic) bond motifs is 4. The van der Waals surface area contributed by atoms with Gasteiger partial charge in [0, 0.05) is 60.4 Å². The Labute approximate surface area is 313 Å². The number of phenols is 2. The molecule has 0 saturated heterocycles. The molecule has 4 heterocycles. The van der Waals surface area contributed by atoms with Crippen LogP contribution in [0.1, 0.15) is 36.7 Å². The van der Waals surface area contributed by atoms with Crippen LogP contribution >= 0.6 is 0 Å². The minimum absolute atomic E-state index is 0.101. The molecule has 6 unspecified atom stereocenters. The fourth-order valence-electron chi connectivity index (χ4n) is 7.45. The van der Waals surface area contributed by atoms with E-state index >= 15 is 0 Å². The van der Waals surface area contributed by atoms with Gasteiger partial charge in [-0.15, -0.1) is 0 Å². The molecule has 0 aliphatic carbocycles. The van der Waals surface area contributed by atoms with Crippen LogP contribution in [0.15, 0.2) is 76.3 Å². The number of H-pyrrole nitrogens is 1. The Hall–Kier alpha value is -4.97. The van der Waals surface area contributed by atoms with Gasteiger partial charge < -0.3 is 59.6 Å². The minimum atomic E-state index is -2.39. The van der Waals surface area contributed by atoms with E-state index in [9.17, 15) is 45.6 Å². The van der Waals surface area contributed by atoms with Crippen LogP contribution in [0.2, 0.25) is 0 Å². The highest BCUT2D eigenvalue weighted by atomic mass is 17.2. The number of phenolic OH excluding ortho intramolecular Hbond substituents is 2. The van der Waals surface area contributed by atoms with Crippen molar-refractivity contribution in [2.24, 2.45) is 0 Å². The van der Waals surface area contributed by atoms with Gasteiger partial charge in [-0.25, -0.2) is 9.78 Å². The van der Waals surface area contributed by atoms with E-state index in [1.165, 1.54) is 36.4 Å². The Balaban J connectivity index is 1.25. The quantitative estimate of drug-likeness (QED) is 0.0574. The summed E-state index contributed by atoms with van der Waals surface area (Å²) in [7, 11) is 0. The number of aliphatic hydroxyl groups is 6. The maximum Gasteiger partial charge on any atom is 0.193 e. The van der Waals surface area contributed by atoms with Gasteiger partial charge in [0.2, 0.25) is 0 Å². The molecule has 0 spiro atoms. The molecule has 15 nitrogen and oxygen atoms in total. The summed E-state index contributed by atoms with van der Waals surface area (Å²) in [5, 5.41) is 86.2. The number of ether oxygens (including phenoxy) is 1. The van der Waals surface area contributed by atoms with Gasteiger partial charge in [-0.2, -0.15) is 0 Å². The lowest BCUT2D eigenvalue weighted by Gasteiger charge is -2.43. The average molecular weight is 761 g/mol. The summed E-state index contributed by atoms with van der Waals surface area (Å²) < 4.78 is 14.8. The predicted molar refractivity (Wildman–Crippen MR) is 199 cm³/mol. The molecule has 55 heavy (non-hydrogen) atoms. The van der Waals surface area contributed by atoms with Crippen LogP contribution in [0.4, 0.5) is 0 Å². The molecule has 0 radical (unpaired) electrons. The Morgan fingerprint density at radius 3 is 2.58 bits per heavy atom. The van der Waals surface area contributed by atoms with Crippen molar-refractivity contribution in [3.8, 4) is 22.9 Å². The Bertz CT molecular complexity index is 2370. The summed E-state index contributed by atoms with van der Waals surface area (Å²) in [4.78, 5) is 28.3. The highest BCUT2D eigenvalue weighted by molar-refractivity contribution is 5.92. The molecule has 0 amide bonds. The maximum absolute atomic E-state index is 13.3.